The van der Waals surface area contributed by atoms with Crippen molar-refractivity contribution in [1.82, 2.24) is 10.6 Å². The lowest BCUT2D eigenvalue weighted by molar-refractivity contribution is -0.158. The van der Waals surface area contributed by atoms with Gasteiger partial charge in [-0.1, -0.05) is 13.8 Å². The predicted molar refractivity (Wildman–Crippen MR) is 134 cm³/mol. The molecular formula is C21H39N2O12PS. The molecule has 0 aliphatic rings. The van der Waals surface area contributed by atoms with Crippen LogP contribution in [-0.2, 0) is 51.7 Å². The molecule has 2 amide bonds. The molecule has 216 valence electrons. The van der Waals surface area contributed by atoms with Crippen molar-refractivity contribution in [3.8, 4) is 0 Å². The van der Waals surface area contributed by atoms with E-state index < -0.39 is 38.4 Å². The van der Waals surface area contributed by atoms with E-state index in [1.54, 1.807) is 11.8 Å². The van der Waals surface area contributed by atoms with Crippen LogP contribution in [0, 0.1) is 0 Å². The number of hydrogen-bond acceptors (Lipinski definition) is 12. The zero-order valence-electron chi connectivity index (χ0n) is 21.7. The van der Waals surface area contributed by atoms with E-state index in [0.29, 0.717) is 24.8 Å². The van der Waals surface area contributed by atoms with E-state index >= 15 is 0 Å². The number of carbonyl (C=O) groups excluding carboxylic acids is 4. The zero-order chi connectivity index (χ0) is 28.1. The van der Waals surface area contributed by atoms with E-state index in [-0.39, 0.29) is 45.5 Å². The highest BCUT2D eigenvalue weighted by Gasteiger charge is 2.25. The SMILES string of the molecule is CC(=O)OC[C@H](COP(=O)(O)OCCNC(=O)COCCOCCNC(=O)CCSC(C)C)OC(C)=O. The molecule has 0 heterocycles. The third-order valence-corrected chi connectivity index (χ3v) is 5.95. The van der Waals surface area contributed by atoms with Gasteiger partial charge in [0.1, 0.15) is 13.2 Å². The van der Waals surface area contributed by atoms with Crippen molar-refractivity contribution in [3.05, 3.63) is 0 Å². The lowest BCUT2D eigenvalue weighted by Gasteiger charge is -2.18. The Hall–Kier alpha value is -1.74. The monoisotopic (exact) mass is 574 g/mol. The molecule has 0 aromatic carbocycles. The van der Waals surface area contributed by atoms with Crippen LogP contribution in [0.3, 0.4) is 0 Å². The van der Waals surface area contributed by atoms with Crippen molar-refractivity contribution in [2.24, 2.45) is 0 Å². The largest absolute Gasteiger partial charge is 0.472 e. The molecule has 37 heavy (non-hydrogen) atoms. The van der Waals surface area contributed by atoms with Crippen LogP contribution in [0.25, 0.3) is 0 Å². The summed E-state index contributed by atoms with van der Waals surface area (Å²) in [5.74, 6) is -1.04. The van der Waals surface area contributed by atoms with Crippen LogP contribution in [0.1, 0.15) is 34.1 Å². The summed E-state index contributed by atoms with van der Waals surface area (Å²) in [6, 6.07) is 0. The fourth-order valence-electron chi connectivity index (χ4n) is 2.30. The summed E-state index contributed by atoms with van der Waals surface area (Å²) in [7, 11) is -4.51. The van der Waals surface area contributed by atoms with E-state index in [4.69, 9.17) is 28.0 Å². The first-order valence-corrected chi connectivity index (χ1v) is 14.2. The fourth-order valence-corrected chi connectivity index (χ4v) is 3.83. The molecule has 0 rings (SSSR count). The second-order valence-corrected chi connectivity index (χ2v) is 10.8. The summed E-state index contributed by atoms with van der Waals surface area (Å²) in [6.07, 6.45) is -0.632. The highest BCUT2D eigenvalue weighted by Crippen LogP contribution is 2.43. The first kappa shape index (κ1) is 35.3. The highest BCUT2D eigenvalue weighted by atomic mass is 32.2. The van der Waals surface area contributed by atoms with Gasteiger partial charge < -0.3 is 34.5 Å². The van der Waals surface area contributed by atoms with Gasteiger partial charge in [0, 0.05) is 39.1 Å². The van der Waals surface area contributed by atoms with Crippen LogP contribution in [-0.4, -0.2) is 105 Å². The number of amides is 2. The van der Waals surface area contributed by atoms with Crippen LogP contribution in [0.2, 0.25) is 0 Å². The van der Waals surface area contributed by atoms with Gasteiger partial charge >= 0.3 is 19.8 Å². The van der Waals surface area contributed by atoms with Gasteiger partial charge in [0.05, 0.1) is 33.0 Å². The van der Waals surface area contributed by atoms with Crippen LogP contribution < -0.4 is 10.6 Å². The van der Waals surface area contributed by atoms with E-state index in [1.807, 2.05) is 0 Å². The molecule has 14 nitrogen and oxygen atoms in total. The van der Waals surface area contributed by atoms with Crippen molar-refractivity contribution in [2.45, 2.75) is 45.5 Å². The predicted octanol–water partition coefficient (Wildman–Crippen LogP) is 0.412. The van der Waals surface area contributed by atoms with Crippen molar-refractivity contribution >= 4 is 43.3 Å². The van der Waals surface area contributed by atoms with E-state index in [0.717, 1.165) is 19.6 Å². The van der Waals surface area contributed by atoms with E-state index in [1.165, 1.54) is 0 Å². The number of nitrogens with one attached hydrogen (secondary N) is 2. The Kier molecular flexibility index (Phi) is 20.2. The minimum atomic E-state index is -4.51. The Morgan fingerprint density at radius 2 is 1.51 bits per heavy atom. The first-order chi connectivity index (χ1) is 17.4. The molecule has 2 atom stereocenters. The maximum atomic E-state index is 11.9. The Morgan fingerprint density at radius 1 is 0.865 bits per heavy atom. The summed E-state index contributed by atoms with van der Waals surface area (Å²) in [4.78, 5) is 54.9. The van der Waals surface area contributed by atoms with Crippen LogP contribution in [0.15, 0.2) is 0 Å². The van der Waals surface area contributed by atoms with Crippen molar-refractivity contribution in [2.75, 3.05) is 65.1 Å². The van der Waals surface area contributed by atoms with Gasteiger partial charge in [-0.3, -0.25) is 28.2 Å². The molecule has 0 saturated heterocycles. The van der Waals surface area contributed by atoms with Gasteiger partial charge in [-0.2, -0.15) is 11.8 Å². The van der Waals surface area contributed by atoms with Gasteiger partial charge in [0.2, 0.25) is 11.8 Å². The van der Waals surface area contributed by atoms with E-state index in [2.05, 4.69) is 24.5 Å². The summed E-state index contributed by atoms with van der Waals surface area (Å²) in [6.45, 7) is 5.96. The fraction of sp³-hybridized carbons (Fsp3) is 0.810. The Bertz CT molecular complexity index is 740. The van der Waals surface area contributed by atoms with Crippen LogP contribution >= 0.6 is 19.6 Å². The number of ether oxygens (including phenoxy) is 4. The summed E-state index contributed by atoms with van der Waals surface area (Å²) >= 11 is 1.72. The number of hydrogen-bond donors (Lipinski definition) is 3. The molecule has 0 aliphatic heterocycles. The Balaban J connectivity index is 3.81. The van der Waals surface area contributed by atoms with E-state index in [9.17, 15) is 28.6 Å². The summed E-state index contributed by atoms with van der Waals surface area (Å²) < 4.78 is 41.4. The standard InChI is InChI=1S/C21H39N2O12PS/c1-16(2)37-12-5-20(26)22-6-8-30-10-11-31-15-21(27)23-7-9-33-36(28,29)34-14-19(35-18(4)25)13-32-17(3)24/h16,19H,5-15H2,1-4H3,(H,22,26)(H,23,27)(H,28,29)/t19-/m1/s1. The lowest BCUT2D eigenvalue weighted by atomic mass is 10.4. The second-order valence-electron chi connectivity index (χ2n) is 7.67. The number of phosphoric ester groups is 1. The minimum Gasteiger partial charge on any atom is -0.462 e. The normalized spacial score (nSPS) is 13.5. The van der Waals surface area contributed by atoms with Crippen molar-refractivity contribution in [3.63, 3.8) is 0 Å². The number of carbonyl (C=O) groups is 4. The molecule has 0 bridgehead atoms. The second kappa shape index (κ2) is 21.2. The van der Waals surface area contributed by atoms with Crippen molar-refractivity contribution < 1.29 is 56.6 Å². The Labute approximate surface area is 221 Å². The molecule has 0 fully saturated rings. The topological polar surface area (TPSA) is 185 Å². The summed E-state index contributed by atoms with van der Waals surface area (Å²) in [5.41, 5.74) is 0. The van der Waals surface area contributed by atoms with Gasteiger partial charge in [0.15, 0.2) is 6.10 Å². The minimum absolute atomic E-state index is 0.0248. The zero-order valence-corrected chi connectivity index (χ0v) is 23.4. The van der Waals surface area contributed by atoms with Gasteiger partial charge in [-0.25, -0.2) is 4.57 Å². The number of esters is 2. The molecule has 16 heteroatoms. The number of rotatable bonds is 22. The first-order valence-electron chi connectivity index (χ1n) is 11.6. The molecule has 0 aliphatic carbocycles. The number of phosphoric acid groups is 1. The van der Waals surface area contributed by atoms with Crippen LogP contribution in [0.5, 0.6) is 0 Å². The maximum Gasteiger partial charge on any atom is 0.472 e. The average molecular weight is 575 g/mol. The summed E-state index contributed by atoms with van der Waals surface area (Å²) in [5, 5.41) is 5.68. The maximum absolute atomic E-state index is 11.9. The third kappa shape index (κ3) is 24.4. The molecule has 0 aromatic rings. The molecule has 0 aromatic heterocycles. The highest BCUT2D eigenvalue weighted by molar-refractivity contribution is 7.99. The smallest absolute Gasteiger partial charge is 0.462 e. The Morgan fingerprint density at radius 3 is 2.16 bits per heavy atom. The van der Waals surface area contributed by atoms with Gasteiger partial charge in [-0.05, 0) is 5.25 Å². The lowest BCUT2D eigenvalue weighted by Crippen LogP contribution is -2.31. The molecule has 0 radical (unpaired) electrons. The molecule has 3 N–H and O–H groups in total. The van der Waals surface area contributed by atoms with Crippen LogP contribution in [0.4, 0.5) is 0 Å². The molecule has 0 spiro atoms. The van der Waals surface area contributed by atoms with Crippen molar-refractivity contribution in [1.29, 1.82) is 0 Å². The average Bonchev–Trinajstić information content (AvgIpc) is 2.79. The third-order valence-electron chi connectivity index (χ3n) is 3.86. The molecular weight excluding hydrogens is 535 g/mol. The number of thioether (sulfide) groups is 1. The van der Waals surface area contributed by atoms with Gasteiger partial charge in [0.25, 0.3) is 0 Å². The molecule has 0 saturated carbocycles. The van der Waals surface area contributed by atoms with Gasteiger partial charge in [-0.15, -0.1) is 0 Å². The quantitative estimate of drug-likeness (QED) is 0.0918. The molecule has 1 unspecified atom stereocenters.